The molecule has 0 amide bonds. The molecule has 4 saturated carbocycles. The van der Waals surface area contributed by atoms with Gasteiger partial charge in [-0.2, -0.15) is 0 Å². The fraction of sp³-hybridized carbons (Fsp3) is 0.457. The predicted molar refractivity (Wildman–Crippen MR) is 157 cm³/mol. The van der Waals surface area contributed by atoms with Gasteiger partial charge >= 0.3 is 5.97 Å². The van der Waals surface area contributed by atoms with Crippen LogP contribution in [0.25, 0.3) is 0 Å². The number of methoxy groups -OCH3 is 2. The Morgan fingerprint density at radius 2 is 1.54 bits per heavy atom. The van der Waals surface area contributed by atoms with Crippen molar-refractivity contribution in [1.82, 2.24) is 0 Å². The number of hydrogen-bond acceptors (Lipinski definition) is 5. The average molecular weight is 557 g/mol. The Morgan fingerprint density at radius 3 is 2.17 bits per heavy atom. The van der Waals surface area contributed by atoms with Gasteiger partial charge in [-0.15, -0.1) is 0 Å². The highest BCUT2D eigenvalue weighted by atomic mass is 16.5. The lowest BCUT2D eigenvalue weighted by molar-refractivity contribution is -0.139. The Morgan fingerprint density at radius 1 is 0.854 bits per heavy atom. The molecular formula is C35H40O6. The minimum atomic E-state index is -1.00. The van der Waals surface area contributed by atoms with Crippen LogP contribution >= 0.6 is 0 Å². The summed E-state index contributed by atoms with van der Waals surface area (Å²) < 4.78 is 23.0. The summed E-state index contributed by atoms with van der Waals surface area (Å²) in [4.78, 5) is 11.0. The molecule has 0 saturated heterocycles. The van der Waals surface area contributed by atoms with E-state index >= 15 is 0 Å². The van der Waals surface area contributed by atoms with Crippen LogP contribution in [0.5, 0.6) is 23.0 Å². The van der Waals surface area contributed by atoms with E-state index in [1.165, 1.54) is 44.1 Å². The first kappa shape index (κ1) is 27.5. The van der Waals surface area contributed by atoms with E-state index in [1.807, 2.05) is 36.4 Å². The van der Waals surface area contributed by atoms with E-state index in [9.17, 15) is 4.79 Å². The van der Waals surface area contributed by atoms with Crippen LogP contribution in [0, 0.1) is 17.8 Å². The summed E-state index contributed by atoms with van der Waals surface area (Å²) in [6.07, 6.45) is 9.59. The van der Waals surface area contributed by atoms with Crippen LogP contribution in [-0.4, -0.2) is 31.9 Å². The number of aryl methyl sites for hydroxylation is 1. The van der Waals surface area contributed by atoms with Gasteiger partial charge in [-0.25, -0.2) is 4.79 Å². The van der Waals surface area contributed by atoms with E-state index in [1.54, 1.807) is 20.3 Å². The van der Waals surface area contributed by atoms with Crippen LogP contribution in [0.3, 0.4) is 0 Å². The highest BCUT2D eigenvalue weighted by Crippen LogP contribution is 2.60. The lowest BCUT2D eigenvalue weighted by Gasteiger charge is -2.57. The molecule has 0 aliphatic heterocycles. The maximum absolute atomic E-state index is 11.0. The zero-order chi connectivity index (χ0) is 28.4. The number of carboxylic acid groups (broad SMARTS) is 1. The molecule has 6 heteroatoms. The number of hydrogen-bond donors (Lipinski definition) is 1. The van der Waals surface area contributed by atoms with Crippen molar-refractivity contribution in [3.8, 4) is 23.0 Å². The number of carboxylic acids is 1. The van der Waals surface area contributed by atoms with Crippen molar-refractivity contribution in [3.05, 3.63) is 83.4 Å². The summed E-state index contributed by atoms with van der Waals surface area (Å²) in [5, 5.41) is 9.06. The molecular weight excluding hydrogens is 516 g/mol. The maximum Gasteiger partial charge on any atom is 0.341 e. The molecule has 4 bridgehead atoms. The average Bonchev–Trinajstić information content (AvgIpc) is 2.97. The summed E-state index contributed by atoms with van der Waals surface area (Å²) in [7, 11) is 3.28. The normalized spacial score (nSPS) is 25.0. The van der Waals surface area contributed by atoms with Crippen molar-refractivity contribution < 1.29 is 28.8 Å². The molecule has 7 rings (SSSR count). The molecule has 4 aliphatic carbocycles. The third kappa shape index (κ3) is 6.02. The van der Waals surface area contributed by atoms with E-state index in [0.717, 1.165) is 41.1 Å². The number of carbonyl (C=O) groups is 1. The zero-order valence-corrected chi connectivity index (χ0v) is 24.0. The minimum Gasteiger partial charge on any atom is -0.493 e. The van der Waals surface area contributed by atoms with Crippen molar-refractivity contribution in [2.75, 3.05) is 20.8 Å². The minimum absolute atomic E-state index is 0.248. The SMILES string of the molecule is COc1ccc(CC[C@H](Oc2ccc(C34C[C@H]5C[C@H](C3)C[C@@H](C4)C5)cc2)c2cccc(OCC(=O)O)c2)cc1OC. The van der Waals surface area contributed by atoms with Crippen LogP contribution in [0.1, 0.15) is 67.7 Å². The quantitative estimate of drug-likeness (QED) is 0.251. The molecule has 0 spiro atoms. The largest absolute Gasteiger partial charge is 0.493 e. The first-order chi connectivity index (χ1) is 19.9. The monoisotopic (exact) mass is 556 g/mol. The van der Waals surface area contributed by atoms with Gasteiger partial charge in [0.15, 0.2) is 18.1 Å². The fourth-order valence-corrected chi connectivity index (χ4v) is 8.09. The van der Waals surface area contributed by atoms with Crippen LogP contribution in [0.15, 0.2) is 66.7 Å². The Labute approximate surface area is 242 Å². The predicted octanol–water partition coefficient (Wildman–Crippen LogP) is 7.39. The molecule has 6 nitrogen and oxygen atoms in total. The molecule has 216 valence electrons. The van der Waals surface area contributed by atoms with Gasteiger partial charge in [0.25, 0.3) is 0 Å². The number of ether oxygens (including phenoxy) is 4. The van der Waals surface area contributed by atoms with Crippen LogP contribution < -0.4 is 18.9 Å². The molecule has 0 heterocycles. The molecule has 3 aromatic carbocycles. The molecule has 0 aromatic heterocycles. The van der Waals surface area contributed by atoms with E-state index < -0.39 is 5.97 Å². The number of benzene rings is 3. The summed E-state index contributed by atoms with van der Waals surface area (Å²) in [6.45, 7) is -0.383. The highest BCUT2D eigenvalue weighted by Gasteiger charge is 2.51. The lowest BCUT2D eigenvalue weighted by atomic mass is 9.48. The van der Waals surface area contributed by atoms with Gasteiger partial charge in [0.1, 0.15) is 17.6 Å². The third-order valence-electron chi connectivity index (χ3n) is 9.52. The van der Waals surface area contributed by atoms with E-state index in [-0.39, 0.29) is 12.7 Å². The van der Waals surface area contributed by atoms with Crippen molar-refractivity contribution >= 4 is 5.97 Å². The maximum atomic E-state index is 11.0. The second-order valence-corrected chi connectivity index (χ2v) is 12.3. The number of aliphatic carboxylic acids is 1. The van der Waals surface area contributed by atoms with E-state index in [4.69, 9.17) is 24.1 Å². The van der Waals surface area contributed by atoms with E-state index in [0.29, 0.717) is 29.1 Å². The first-order valence-corrected chi connectivity index (χ1v) is 14.9. The highest BCUT2D eigenvalue weighted by molar-refractivity contribution is 5.68. The van der Waals surface area contributed by atoms with Crippen molar-refractivity contribution in [1.29, 1.82) is 0 Å². The molecule has 0 unspecified atom stereocenters. The van der Waals surface area contributed by atoms with Gasteiger partial charge in [0, 0.05) is 0 Å². The van der Waals surface area contributed by atoms with Crippen molar-refractivity contribution in [2.24, 2.45) is 17.8 Å². The topological polar surface area (TPSA) is 74.2 Å². The van der Waals surface area contributed by atoms with E-state index in [2.05, 4.69) is 24.3 Å². The molecule has 3 aromatic rings. The molecule has 4 fully saturated rings. The van der Waals surface area contributed by atoms with Gasteiger partial charge in [-0.3, -0.25) is 0 Å². The number of rotatable bonds is 12. The van der Waals surface area contributed by atoms with Gasteiger partial charge in [-0.1, -0.05) is 30.3 Å². The molecule has 0 radical (unpaired) electrons. The second kappa shape index (κ2) is 11.7. The summed E-state index contributed by atoms with van der Waals surface area (Å²) in [5.74, 6) is 4.49. The summed E-state index contributed by atoms with van der Waals surface area (Å²) in [5.41, 5.74) is 3.90. The summed E-state index contributed by atoms with van der Waals surface area (Å²) in [6, 6.07) is 22.4. The van der Waals surface area contributed by atoms with Gasteiger partial charge in [0.2, 0.25) is 0 Å². The second-order valence-electron chi connectivity index (χ2n) is 12.3. The van der Waals surface area contributed by atoms with Crippen LogP contribution in [0.2, 0.25) is 0 Å². The van der Waals surface area contributed by atoms with Gasteiger partial charge < -0.3 is 24.1 Å². The standard InChI is InChI=1S/C35H40O6/c1-38-32-13-7-23(17-33(32)39-2)6-12-31(27-4-3-5-30(18-27)40-22-34(36)37)41-29-10-8-28(9-11-29)35-19-24-14-25(20-35)16-26(15-24)21-35/h3-5,7-11,13,17-18,24-26,31H,6,12,14-16,19-22H2,1-2H3,(H,36,37)/t24-,25-,26-,31-,35?/m0/s1. The molecule has 4 aliphatic rings. The zero-order valence-electron chi connectivity index (χ0n) is 24.0. The molecule has 1 atom stereocenters. The third-order valence-corrected chi connectivity index (χ3v) is 9.52. The molecule has 41 heavy (non-hydrogen) atoms. The van der Waals surface area contributed by atoms with Crippen LogP contribution in [0.4, 0.5) is 0 Å². The van der Waals surface area contributed by atoms with Crippen molar-refractivity contribution in [3.63, 3.8) is 0 Å². The Bertz CT molecular complexity index is 1330. The first-order valence-electron chi connectivity index (χ1n) is 14.9. The van der Waals surface area contributed by atoms with Gasteiger partial charge in [0.05, 0.1) is 14.2 Å². The lowest BCUT2D eigenvalue weighted by Crippen LogP contribution is -2.48. The Hall–Kier alpha value is -3.67. The molecule has 1 N–H and O–H groups in total. The van der Waals surface area contributed by atoms with Gasteiger partial charge in [-0.05, 0) is 128 Å². The summed E-state index contributed by atoms with van der Waals surface area (Å²) >= 11 is 0. The Kier molecular flexibility index (Phi) is 7.83. The van der Waals surface area contributed by atoms with Crippen molar-refractivity contribution in [2.45, 2.75) is 62.9 Å². The fourth-order valence-electron chi connectivity index (χ4n) is 8.09. The van der Waals surface area contributed by atoms with Crippen LogP contribution in [-0.2, 0) is 16.6 Å². The Balaban J connectivity index is 1.21. The smallest absolute Gasteiger partial charge is 0.341 e.